The Morgan fingerprint density at radius 2 is 1.80 bits per heavy atom. The van der Waals surface area contributed by atoms with Gasteiger partial charge in [0.05, 0.1) is 27.9 Å². The van der Waals surface area contributed by atoms with E-state index in [4.69, 9.17) is 0 Å². The van der Waals surface area contributed by atoms with Crippen LogP contribution in [-0.2, 0) is 6.18 Å². The molecule has 35 heavy (non-hydrogen) atoms. The molecule has 2 aromatic heterocycles. The molecule has 0 unspecified atom stereocenters. The predicted molar refractivity (Wildman–Crippen MR) is 124 cm³/mol. The summed E-state index contributed by atoms with van der Waals surface area (Å²) in [6.45, 7) is 1.89. The van der Waals surface area contributed by atoms with Gasteiger partial charge in [0.15, 0.2) is 0 Å². The molecule has 0 aliphatic carbocycles. The summed E-state index contributed by atoms with van der Waals surface area (Å²) in [5.74, 6) is 0.197. The van der Waals surface area contributed by atoms with Gasteiger partial charge in [-0.15, -0.1) is 0 Å². The second-order valence-electron chi connectivity index (χ2n) is 7.65. The first-order valence-corrected chi connectivity index (χ1v) is 10.4. The third kappa shape index (κ3) is 5.18. The quantitative estimate of drug-likeness (QED) is 0.274. The Balaban J connectivity index is 1.82. The molecule has 178 valence electrons. The standard InChI is InChI=1S/C24H18F3N5O3/c1-14(15-6-3-2-4-7-15)29-23-28-11-10-19(30-23)18-13-20(32(34)35)22(33)31-21(18)16-8-5-9-17(12-16)24(25,26)27/h2-14H,1H3,(H,31,33)(H,28,29,30)/t14-/m0/s1. The third-order valence-corrected chi connectivity index (χ3v) is 5.27. The number of rotatable bonds is 6. The molecule has 2 heterocycles. The zero-order valence-electron chi connectivity index (χ0n) is 18.2. The van der Waals surface area contributed by atoms with E-state index in [1.54, 1.807) is 0 Å². The Kier molecular flexibility index (Phi) is 6.32. The SMILES string of the molecule is C[C@H](Nc1nccc(-c2cc([N+](=O)[O-])c(=O)[nH]c2-c2cccc(C(F)(F)F)c2)n1)c1ccccc1. The van der Waals surface area contributed by atoms with Gasteiger partial charge >= 0.3 is 17.4 Å². The van der Waals surface area contributed by atoms with Crippen molar-refractivity contribution < 1.29 is 18.1 Å². The summed E-state index contributed by atoms with van der Waals surface area (Å²) in [5, 5.41) is 14.5. The van der Waals surface area contributed by atoms with Crippen LogP contribution in [0.5, 0.6) is 0 Å². The van der Waals surface area contributed by atoms with Gasteiger partial charge in [0.25, 0.3) is 0 Å². The van der Waals surface area contributed by atoms with E-state index in [1.807, 2.05) is 37.3 Å². The third-order valence-electron chi connectivity index (χ3n) is 5.27. The molecule has 4 rings (SSSR count). The molecule has 1 atom stereocenters. The van der Waals surface area contributed by atoms with E-state index in [2.05, 4.69) is 20.3 Å². The molecule has 0 spiro atoms. The average Bonchev–Trinajstić information content (AvgIpc) is 2.84. The fraction of sp³-hybridized carbons (Fsp3) is 0.125. The van der Waals surface area contributed by atoms with E-state index in [-0.39, 0.29) is 34.5 Å². The number of hydrogen-bond donors (Lipinski definition) is 2. The summed E-state index contributed by atoms with van der Waals surface area (Å²) < 4.78 is 39.8. The van der Waals surface area contributed by atoms with Gasteiger partial charge in [0.1, 0.15) is 0 Å². The van der Waals surface area contributed by atoms with E-state index in [9.17, 15) is 28.1 Å². The van der Waals surface area contributed by atoms with E-state index in [1.165, 1.54) is 24.4 Å². The average molecular weight is 481 g/mol. The zero-order chi connectivity index (χ0) is 25.2. The number of alkyl halides is 3. The normalized spacial score (nSPS) is 12.2. The number of H-pyrrole nitrogens is 1. The number of halogens is 3. The van der Waals surface area contributed by atoms with Crippen molar-refractivity contribution in [3.8, 4) is 22.5 Å². The maximum Gasteiger partial charge on any atom is 0.416 e. The lowest BCUT2D eigenvalue weighted by atomic mass is 10.0. The number of nitrogens with one attached hydrogen (secondary N) is 2. The second kappa shape index (κ2) is 9.37. The van der Waals surface area contributed by atoms with Gasteiger partial charge < -0.3 is 10.3 Å². The highest BCUT2D eigenvalue weighted by Crippen LogP contribution is 2.35. The summed E-state index contributed by atoms with van der Waals surface area (Å²) in [7, 11) is 0. The van der Waals surface area contributed by atoms with Crippen LogP contribution in [0.1, 0.15) is 24.1 Å². The van der Waals surface area contributed by atoms with Crippen molar-refractivity contribution in [2.24, 2.45) is 0 Å². The minimum Gasteiger partial charge on any atom is -0.348 e. The predicted octanol–water partition coefficient (Wildman–Crippen LogP) is 5.60. The zero-order valence-corrected chi connectivity index (χ0v) is 18.2. The van der Waals surface area contributed by atoms with Crippen LogP contribution in [-0.4, -0.2) is 19.9 Å². The van der Waals surface area contributed by atoms with Crippen molar-refractivity contribution >= 4 is 11.6 Å². The molecule has 0 bridgehead atoms. The summed E-state index contributed by atoms with van der Waals surface area (Å²) in [6, 6.07) is 16.1. The van der Waals surface area contributed by atoms with Gasteiger partial charge in [-0.3, -0.25) is 14.9 Å². The number of nitrogens with zero attached hydrogens (tertiary/aromatic N) is 3. The molecule has 0 fully saturated rings. The highest BCUT2D eigenvalue weighted by atomic mass is 19.4. The maximum absolute atomic E-state index is 13.3. The number of anilines is 1. The van der Waals surface area contributed by atoms with Crippen LogP contribution < -0.4 is 10.9 Å². The Morgan fingerprint density at radius 3 is 2.49 bits per heavy atom. The summed E-state index contributed by atoms with van der Waals surface area (Å²) in [4.78, 5) is 33.8. The Bertz CT molecular complexity index is 1440. The Labute approximate surface area is 196 Å². The van der Waals surface area contributed by atoms with Gasteiger partial charge in [0, 0.05) is 17.8 Å². The fourth-order valence-corrected chi connectivity index (χ4v) is 3.53. The van der Waals surface area contributed by atoms with E-state index in [0.29, 0.717) is 0 Å². The number of benzene rings is 2. The van der Waals surface area contributed by atoms with Crippen LogP contribution >= 0.6 is 0 Å². The minimum absolute atomic E-state index is 0.0209. The lowest BCUT2D eigenvalue weighted by Crippen LogP contribution is -2.14. The van der Waals surface area contributed by atoms with Crippen molar-refractivity contribution in [2.75, 3.05) is 5.32 Å². The van der Waals surface area contributed by atoms with Gasteiger partial charge in [0.2, 0.25) is 5.95 Å². The molecule has 0 saturated carbocycles. The van der Waals surface area contributed by atoms with Crippen LogP contribution in [0.3, 0.4) is 0 Å². The fourth-order valence-electron chi connectivity index (χ4n) is 3.53. The lowest BCUT2D eigenvalue weighted by Gasteiger charge is -2.15. The van der Waals surface area contributed by atoms with Gasteiger partial charge in [-0.2, -0.15) is 13.2 Å². The van der Waals surface area contributed by atoms with Gasteiger partial charge in [-0.1, -0.05) is 42.5 Å². The molecule has 0 aliphatic rings. The second-order valence-corrected chi connectivity index (χ2v) is 7.65. The minimum atomic E-state index is -4.61. The Hall–Kier alpha value is -4.54. The van der Waals surface area contributed by atoms with Crippen LogP contribution in [0, 0.1) is 10.1 Å². The summed E-state index contributed by atoms with van der Waals surface area (Å²) >= 11 is 0. The van der Waals surface area contributed by atoms with Crippen LogP contribution in [0.2, 0.25) is 0 Å². The molecule has 4 aromatic rings. The smallest absolute Gasteiger partial charge is 0.348 e. The molecule has 11 heteroatoms. The number of nitro groups is 1. The first kappa shape index (κ1) is 23.6. The molecular formula is C24H18F3N5O3. The number of aromatic nitrogens is 3. The molecule has 0 saturated heterocycles. The molecule has 0 amide bonds. The van der Waals surface area contributed by atoms with E-state index >= 15 is 0 Å². The van der Waals surface area contributed by atoms with Crippen LogP contribution in [0.4, 0.5) is 24.8 Å². The molecule has 0 radical (unpaired) electrons. The van der Waals surface area contributed by atoms with Crippen molar-refractivity contribution in [1.29, 1.82) is 0 Å². The van der Waals surface area contributed by atoms with Crippen LogP contribution in [0.25, 0.3) is 22.5 Å². The largest absolute Gasteiger partial charge is 0.416 e. The molecular weight excluding hydrogens is 463 g/mol. The van der Waals surface area contributed by atoms with Crippen LogP contribution in [0.15, 0.2) is 77.7 Å². The van der Waals surface area contributed by atoms with Crippen molar-refractivity contribution in [3.05, 3.63) is 105 Å². The number of pyridine rings is 1. The first-order valence-electron chi connectivity index (χ1n) is 10.4. The van der Waals surface area contributed by atoms with E-state index < -0.39 is 27.9 Å². The summed E-state index contributed by atoms with van der Waals surface area (Å²) in [5.41, 5.74) is -1.53. The van der Waals surface area contributed by atoms with E-state index in [0.717, 1.165) is 23.8 Å². The number of hydrogen-bond acceptors (Lipinski definition) is 6. The Morgan fingerprint density at radius 1 is 1.06 bits per heavy atom. The molecule has 8 nitrogen and oxygen atoms in total. The van der Waals surface area contributed by atoms with Crippen molar-refractivity contribution in [1.82, 2.24) is 15.0 Å². The lowest BCUT2D eigenvalue weighted by molar-refractivity contribution is -0.386. The molecule has 2 aromatic carbocycles. The molecule has 0 aliphatic heterocycles. The maximum atomic E-state index is 13.3. The van der Waals surface area contributed by atoms with Crippen molar-refractivity contribution in [2.45, 2.75) is 19.1 Å². The highest BCUT2D eigenvalue weighted by Gasteiger charge is 2.31. The first-order chi connectivity index (χ1) is 16.6. The van der Waals surface area contributed by atoms with Crippen molar-refractivity contribution in [3.63, 3.8) is 0 Å². The summed E-state index contributed by atoms with van der Waals surface area (Å²) in [6.07, 6.45) is -3.20. The van der Waals surface area contributed by atoms with Gasteiger partial charge in [-0.25, -0.2) is 9.97 Å². The highest BCUT2D eigenvalue weighted by molar-refractivity contribution is 5.80. The molecule has 2 N–H and O–H groups in total. The topological polar surface area (TPSA) is 114 Å². The number of aromatic amines is 1. The van der Waals surface area contributed by atoms with Gasteiger partial charge in [-0.05, 0) is 36.2 Å². The monoisotopic (exact) mass is 481 g/mol.